The number of hydrogen-bond acceptors (Lipinski definition) is 5. The van der Waals surface area contributed by atoms with Gasteiger partial charge in [0.05, 0.1) is 17.6 Å². The Kier molecular flexibility index (Phi) is 7.25. The standard InChI is InChI=1S/C14H19ClN4OS/c1-9-4-11(6-17-5-9)18-7-12(13(15)16)19-14(20)10(2)8-21-3/h4-7,10,16,18H,8H2,1-3H3,(H,19,20)/b12-7+,16-13?. The second-order valence-corrected chi connectivity index (χ2v) is 5.90. The summed E-state index contributed by atoms with van der Waals surface area (Å²) in [6, 6.07) is 1.90. The van der Waals surface area contributed by atoms with E-state index in [2.05, 4.69) is 15.6 Å². The SMILES string of the molecule is CSCC(C)C(=O)N/C(=C/Nc1cncc(C)c1)C(=N)Cl. The van der Waals surface area contributed by atoms with Crippen molar-refractivity contribution in [2.45, 2.75) is 13.8 Å². The smallest absolute Gasteiger partial charge is 0.228 e. The van der Waals surface area contributed by atoms with Gasteiger partial charge in [-0.1, -0.05) is 18.5 Å². The van der Waals surface area contributed by atoms with Gasteiger partial charge in [0.1, 0.15) is 5.17 Å². The van der Waals surface area contributed by atoms with Gasteiger partial charge in [-0.2, -0.15) is 11.8 Å². The van der Waals surface area contributed by atoms with Crippen LogP contribution in [0.15, 0.2) is 30.4 Å². The molecule has 5 nitrogen and oxygen atoms in total. The lowest BCUT2D eigenvalue weighted by atomic mass is 10.2. The first-order chi connectivity index (χ1) is 9.93. The minimum atomic E-state index is -0.229. The van der Waals surface area contributed by atoms with Crippen molar-refractivity contribution in [3.8, 4) is 0 Å². The molecule has 7 heteroatoms. The fourth-order valence-electron chi connectivity index (χ4n) is 1.53. The van der Waals surface area contributed by atoms with Crippen molar-refractivity contribution in [1.29, 1.82) is 5.41 Å². The van der Waals surface area contributed by atoms with E-state index in [0.717, 1.165) is 11.3 Å². The number of thioether (sulfide) groups is 1. The van der Waals surface area contributed by atoms with Crippen molar-refractivity contribution in [3.63, 3.8) is 0 Å². The van der Waals surface area contributed by atoms with Crippen molar-refractivity contribution in [1.82, 2.24) is 10.3 Å². The number of amides is 1. The van der Waals surface area contributed by atoms with Crippen molar-refractivity contribution >= 4 is 40.1 Å². The van der Waals surface area contributed by atoms with Gasteiger partial charge in [-0.3, -0.25) is 15.2 Å². The number of nitrogens with one attached hydrogen (secondary N) is 3. The number of anilines is 1. The number of pyridine rings is 1. The Morgan fingerprint density at radius 2 is 2.29 bits per heavy atom. The van der Waals surface area contributed by atoms with Crippen LogP contribution in [0.4, 0.5) is 5.69 Å². The van der Waals surface area contributed by atoms with Gasteiger partial charge in [-0.15, -0.1) is 0 Å². The maximum Gasteiger partial charge on any atom is 0.228 e. The van der Waals surface area contributed by atoms with Crippen LogP contribution in [-0.2, 0) is 4.79 Å². The zero-order valence-corrected chi connectivity index (χ0v) is 13.8. The van der Waals surface area contributed by atoms with Gasteiger partial charge >= 0.3 is 0 Å². The molecule has 1 unspecified atom stereocenters. The molecule has 21 heavy (non-hydrogen) atoms. The Bertz CT molecular complexity index is 548. The van der Waals surface area contributed by atoms with Crippen molar-refractivity contribution in [3.05, 3.63) is 35.9 Å². The molecule has 0 fully saturated rings. The normalized spacial score (nSPS) is 12.7. The lowest BCUT2D eigenvalue weighted by molar-refractivity contribution is -0.122. The highest BCUT2D eigenvalue weighted by atomic mass is 35.5. The van der Waals surface area contributed by atoms with Crippen molar-refractivity contribution in [2.24, 2.45) is 5.92 Å². The average Bonchev–Trinajstić information content (AvgIpc) is 2.43. The first-order valence-electron chi connectivity index (χ1n) is 6.36. The van der Waals surface area contributed by atoms with E-state index in [1.54, 1.807) is 24.2 Å². The monoisotopic (exact) mass is 326 g/mol. The number of carbonyl (C=O) groups is 1. The van der Waals surface area contributed by atoms with Gasteiger partial charge in [0.25, 0.3) is 0 Å². The van der Waals surface area contributed by atoms with Gasteiger partial charge in [0.2, 0.25) is 5.91 Å². The summed E-state index contributed by atoms with van der Waals surface area (Å²) in [4.78, 5) is 16.0. The van der Waals surface area contributed by atoms with Crippen LogP contribution in [0.3, 0.4) is 0 Å². The van der Waals surface area contributed by atoms with Gasteiger partial charge in [0.15, 0.2) is 0 Å². The zero-order valence-electron chi connectivity index (χ0n) is 12.2. The molecule has 0 saturated carbocycles. The second-order valence-electron chi connectivity index (χ2n) is 4.61. The summed E-state index contributed by atoms with van der Waals surface area (Å²) in [6.45, 7) is 3.76. The molecule has 1 aromatic rings. The second kappa shape index (κ2) is 8.69. The fourth-order valence-corrected chi connectivity index (χ4v) is 2.28. The number of aryl methyl sites for hydroxylation is 1. The van der Waals surface area contributed by atoms with Crippen LogP contribution >= 0.6 is 23.4 Å². The average molecular weight is 327 g/mol. The number of rotatable bonds is 7. The van der Waals surface area contributed by atoms with Gasteiger partial charge in [-0.05, 0) is 24.8 Å². The van der Waals surface area contributed by atoms with E-state index in [1.165, 1.54) is 6.20 Å². The first-order valence-corrected chi connectivity index (χ1v) is 8.13. The third-order valence-corrected chi connectivity index (χ3v) is 3.65. The van der Waals surface area contributed by atoms with E-state index in [4.69, 9.17) is 17.0 Å². The van der Waals surface area contributed by atoms with E-state index < -0.39 is 0 Å². The molecule has 114 valence electrons. The molecule has 1 rings (SSSR count). The lowest BCUT2D eigenvalue weighted by Crippen LogP contribution is -2.32. The van der Waals surface area contributed by atoms with E-state index >= 15 is 0 Å². The Balaban J connectivity index is 2.75. The van der Waals surface area contributed by atoms with Crippen LogP contribution in [0, 0.1) is 18.3 Å². The van der Waals surface area contributed by atoms with Crippen LogP contribution in [0.1, 0.15) is 12.5 Å². The summed E-state index contributed by atoms with van der Waals surface area (Å²) < 4.78 is 0. The third kappa shape index (κ3) is 6.18. The summed E-state index contributed by atoms with van der Waals surface area (Å²) in [5.41, 5.74) is 2.00. The molecule has 0 bridgehead atoms. The van der Waals surface area contributed by atoms with Crippen LogP contribution in [0.5, 0.6) is 0 Å². The Labute approximate surface area is 134 Å². The van der Waals surface area contributed by atoms with Gasteiger partial charge < -0.3 is 10.6 Å². The first kappa shape index (κ1) is 17.5. The van der Waals surface area contributed by atoms with Crippen LogP contribution < -0.4 is 10.6 Å². The van der Waals surface area contributed by atoms with Crippen LogP contribution in [-0.4, -0.2) is 28.1 Å². The number of halogens is 1. The number of nitrogens with zero attached hydrogens (tertiary/aromatic N) is 1. The molecule has 3 N–H and O–H groups in total. The van der Waals surface area contributed by atoms with E-state index in [-0.39, 0.29) is 22.7 Å². The molecule has 1 heterocycles. The number of carbonyl (C=O) groups excluding carboxylic acids is 1. The molecule has 0 saturated heterocycles. The molecule has 0 spiro atoms. The highest BCUT2D eigenvalue weighted by Crippen LogP contribution is 2.10. The quantitative estimate of drug-likeness (QED) is 0.673. The van der Waals surface area contributed by atoms with Gasteiger partial charge in [0, 0.05) is 24.1 Å². The molecular weight excluding hydrogens is 308 g/mol. The minimum absolute atomic E-state index is 0.153. The molecule has 0 aromatic carbocycles. The Morgan fingerprint density at radius 3 is 2.86 bits per heavy atom. The lowest BCUT2D eigenvalue weighted by Gasteiger charge is -2.13. The maximum absolute atomic E-state index is 12.0. The molecule has 0 aliphatic carbocycles. The molecule has 1 amide bonds. The molecule has 1 atom stereocenters. The molecule has 0 radical (unpaired) electrons. The largest absolute Gasteiger partial charge is 0.358 e. The molecule has 0 aliphatic rings. The zero-order chi connectivity index (χ0) is 15.8. The third-order valence-electron chi connectivity index (χ3n) is 2.62. The van der Waals surface area contributed by atoms with Crippen LogP contribution in [0.25, 0.3) is 0 Å². The van der Waals surface area contributed by atoms with E-state index in [9.17, 15) is 4.79 Å². The number of allylic oxidation sites excluding steroid dienone is 1. The fraction of sp³-hybridized carbons (Fsp3) is 0.357. The Hall–Kier alpha value is -1.53. The summed E-state index contributed by atoms with van der Waals surface area (Å²) in [6.07, 6.45) is 6.83. The van der Waals surface area contributed by atoms with Gasteiger partial charge in [-0.25, -0.2) is 0 Å². The summed E-state index contributed by atoms with van der Waals surface area (Å²) >= 11 is 7.30. The predicted molar refractivity (Wildman–Crippen MR) is 89.9 cm³/mol. The summed E-state index contributed by atoms with van der Waals surface area (Å²) in [7, 11) is 0. The number of hydrogen-bond donors (Lipinski definition) is 3. The highest BCUT2D eigenvalue weighted by Gasteiger charge is 2.15. The van der Waals surface area contributed by atoms with Crippen molar-refractivity contribution in [2.75, 3.05) is 17.3 Å². The number of aromatic nitrogens is 1. The molecule has 1 aromatic heterocycles. The predicted octanol–water partition coefficient (Wildman–Crippen LogP) is 2.97. The van der Waals surface area contributed by atoms with E-state index in [1.807, 2.05) is 26.2 Å². The molecule has 0 aliphatic heterocycles. The minimum Gasteiger partial charge on any atom is -0.358 e. The van der Waals surface area contributed by atoms with Crippen molar-refractivity contribution < 1.29 is 4.79 Å². The highest BCUT2D eigenvalue weighted by molar-refractivity contribution is 7.98. The summed E-state index contributed by atoms with van der Waals surface area (Å²) in [5.74, 6) is 0.398. The topological polar surface area (TPSA) is 77.9 Å². The maximum atomic E-state index is 12.0. The van der Waals surface area contributed by atoms with E-state index in [0.29, 0.717) is 5.75 Å². The molecular formula is C14H19ClN4OS. The van der Waals surface area contributed by atoms with Crippen LogP contribution in [0.2, 0.25) is 0 Å². The Morgan fingerprint density at radius 1 is 1.57 bits per heavy atom. The summed E-state index contributed by atoms with van der Waals surface area (Å²) in [5, 5.41) is 12.9.